The first-order chi connectivity index (χ1) is 10.7. The third-order valence-corrected chi connectivity index (χ3v) is 3.59. The lowest BCUT2D eigenvalue weighted by atomic mass is 10.1. The van der Waals surface area contributed by atoms with E-state index in [2.05, 4.69) is 4.98 Å². The molecule has 3 rings (SSSR count). The van der Waals surface area contributed by atoms with E-state index in [1.807, 2.05) is 44.2 Å². The minimum atomic E-state index is -0.0659. The van der Waals surface area contributed by atoms with Crippen LogP contribution in [0.25, 0.3) is 0 Å². The highest BCUT2D eigenvalue weighted by atomic mass is 16.7. The molecule has 0 saturated carbocycles. The average Bonchev–Trinajstić information content (AvgIpc) is 2.99. The van der Waals surface area contributed by atoms with Gasteiger partial charge in [-0.05, 0) is 43.7 Å². The molecule has 2 aromatic rings. The number of hydrogen-bond acceptors (Lipinski definition) is 4. The summed E-state index contributed by atoms with van der Waals surface area (Å²) in [5.41, 5.74) is 2.32. The maximum atomic E-state index is 12.6. The number of hydrogen-bond donors (Lipinski definition) is 0. The molecule has 0 fully saturated rings. The third kappa shape index (κ3) is 2.88. The predicted octanol–water partition coefficient (Wildman–Crippen LogP) is 2.78. The molecule has 0 bridgehead atoms. The maximum Gasteiger partial charge on any atom is 0.272 e. The highest BCUT2D eigenvalue weighted by Gasteiger charge is 2.18. The third-order valence-electron chi connectivity index (χ3n) is 3.59. The fourth-order valence-electron chi connectivity index (χ4n) is 2.41. The fraction of sp³-hybridized carbons (Fsp3) is 0.294. The van der Waals surface area contributed by atoms with Crippen molar-refractivity contribution in [3.63, 3.8) is 0 Å². The molecule has 0 N–H and O–H groups in total. The molecule has 1 aliphatic rings. The zero-order valence-electron chi connectivity index (χ0n) is 12.7. The molecule has 1 aliphatic heterocycles. The number of aryl methyl sites for hydroxylation is 1. The molecule has 1 aromatic heterocycles. The number of aromatic nitrogens is 1. The maximum absolute atomic E-state index is 12.6. The number of pyridine rings is 1. The van der Waals surface area contributed by atoms with Crippen molar-refractivity contribution in [2.75, 3.05) is 13.3 Å². The highest BCUT2D eigenvalue weighted by Crippen LogP contribution is 2.32. The van der Waals surface area contributed by atoms with Crippen LogP contribution in [-0.2, 0) is 6.54 Å². The summed E-state index contributed by atoms with van der Waals surface area (Å²) in [4.78, 5) is 18.6. The van der Waals surface area contributed by atoms with E-state index in [0.717, 1.165) is 22.8 Å². The Labute approximate surface area is 129 Å². The van der Waals surface area contributed by atoms with Crippen molar-refractivity contribution in [3.05, 3.63) is 53.3 Å². The number of rotatable bonds is 4. The summed E-state index contributed by atoms with van der Waals surface area (Å²) in [5.74, 6) is 1.41. The fourth-order valence-corrected chi connectivity index (χ4v) is 2.41. The molecule has 0 radical (unpaired) electrons. The molecule has 5 nitrogen and oxygen atoms in total. The molecule has 114 valence electrons. The van der Waals surface area contributed by atoms with Crippen molar-refractivity contribution < 1.29 is 14.3 Å². The lowest BCUT2D eigenvalue weighted by molar-refractivity contribution is 0.0746. The Kier molecular flexibility index (Phi) is 3.96. The van der Waals surface area contributed by atoms with Crippen molar-refractivity contribution in [3.8, 4) is 11.5 Å². The van der Waals surface area contributed by atoms with Gasteiger partial charge in [-0.3, -0.25) is 4.79 Å². The van der Waals surface area contributed by atoms with Crippen molar-refractivity contribution in [1.29, 1.82) is 0 Å². The van der Waals surface area contributed by atoms with Crippen molar-refractivity contribution in [2.45, 2.75) is 20.4 Å². The van der Waals surface area contributed by atoms with E-state index >= 15 is 0 Å². The number of carbonyl (C=O) groups is 1. The van der Waals surface area contributed by atoms with Crippen LogP contribution in [0.5, 0.6) is 11.5 Å². The minimum absolute atomic E-state index is 0.0659. The second-order valence-corrected chi connectivity index (χ2v) is 5.17. The van der Waals surface area contributed by atoms with E-state index in [1.165, 1.54) is 0 Å². The van der Waals surface area contributed by atoms with Gasteiger partial charge in [0.2, 0.25) is 6.79 Å². The monoisotopic (exact) mass is 298 g/mol. The van der Waals surface area contributed by atoms with Gasteiger partial charge in [0.15, 0.2) is 11.5 Å². The zero-order chi connectivity index (χ0) is 15.5. The van der Waals surface area contributed by atoms with Crippen molar-refractivity contribution in [2.24, 2.45) is 0 Å². The number of nitrogens with zero attached hydrogens (tertiary/aromatic N) is 2. The van der Waals surface area contributed by atoms with E-state index in [9.17, 15) is 4.79 Å². The van der Waals surface area contributed by atoms with Crippen molar-refractivity contribution >= 4 is 5.91 Å². The lowest BCUT2D eigenvalue weighted by Gasteiger charge is -2.21. The van der Waals surface area contributed by atoms with Gasteiger partial charge >= 0.3 is 0 Å². The largest absolute Gasteiger partial charge is 0.454 e. The molecule has 0 atom stereocenters. The topological polar surface area (TPSA) is 51.7 Å². The van der Waals surface area contributed by atoms with Gasteiger partial charge in [0.05, 0.1) is 0 Å². The second kappa shape index (κ2) is 6.05. The molecule has 1 aromatic carbocycles. The van der Waals surface area contributed by atoms with Gasteiger partial charge < -0.3 is 14.4 Å². The van der Waals surface area contributed by atoms with Crippen LogP contribution < -0.4 is 9.47 Å². The van der Waals surface area contributed by atoms with Crippen LogP contribution in [0.4, 0.5) is 0 Å². The normalized spacial score (nSPS) is 12.3. The predicted molar refractivity (Wildman–Crippen MR) is 82.0 cm³/mol. The molecule has 5 heteroatoms. The van der Waals surface area contributed by atoms with Gasteiger partial charge in [-0.25, -0.2) is 4.98 Å². The van der Waals surface area contributed by atoms with Gasteiger partial charge in [-0.2, -0.15) is 0 Å². The minimum Gasteiger partial charge on any atom is -0.454 e. The number of ether oxygens (including phenoxy) is 2. The first kappa shape index (κ1) is 14.4. The van der Waals surface area contributed by atoms with Gasteiger partial charge in [-0.1, -0.05) is 12.1 Å². The summed E-state index contributed by atoms with van der Waals surface area (Å²) in [6, 6.07) is 11.2. The van der Waals surface area contributed by atoms with Gasteiger partial charge in [0.1, 0.15) is 5.69 Å². The second-order valence-electron chi connectivity index (χ2n) is 5.17. The Bertz CT molecular complexity index is 700. The van der Waals surface area contributed by atoms with Crippen LogP contribution in [-0.4, -0.2) is 29.1 Å². The molecule has 0 aliphatic carbocycles. The van der Waals surface area contributed by atoms with Crippen LogP contribution in [0.3, 0.4) is 0 Å². The first-order valence-corrected chi connectivity index (χ1v) is 7.29. The number of fused-ring (bicyclic) bond motifs is 1. The SMILES string of the molecule is CCN(Cc1ccc2c(c1)OCO2)C(=O)c1cccc(C)n1. The van der Waals surface area contributed by atoms with Crippen LogP contribution in [0, 0.1) is 6.92 Å². The first-order valence-electron chi connectivity index (χ1n) is 7.29. The van der Waals surface area contributed by atoms with E-state index < -0.39 is 0 Å². The van der Waals surface area contributed by atoms with E-state index in [1.54, 1.807) is 11.0 Å². The number of amides is 1. The van der Waals surface area contributed by atoms with Gasteiger partial charge in [0.25, 0.3) is 5.91 Å². The van der Waals surface area contributed by atoms with Crippen LogP contribution >= 0.6 is 0 Å². The molecule has 0 unspecified atom stereocenters. The van der Waals surface area contributed by atoms with Crippen molar-refractivity contribution in [1.82, 2.24) is 9.88 Å². The standard InChI is InChI=1S/C17H18N2O3/c1-3-19(17(20)14-6-4-5-12(2)18-14)10-13-7-8-15-16(9-13)22-11-21-15/h4-9H,3,10-11H2,1-2H3. The average molecular weight is 298 g/mol. The van der Waals surface area contributed by atoms with Gasteiger partial charge in [-0.15, -0.1) is 0 Å². The highest BCUT2D eigenvalue weighted by molar-refractivity contribution is 5.92. The summed E-state index contributed by atoms with van der Waals surface area (Å²) < 4.78 is 10.7. The molecular weight excluding hydrogens is 280 g/mol. The Morgan fingerprint density at radius 1 is 1.23 bits per heavy atom. The summed E-state index contributed by atoms with van der Waals surface area (Å²) in [7, 11) is 0. The summed E-state index contributed by atoms with van der Waals surface area (Å²) >= 11 is 0. The van der Waals surface area contributed by atoms with Crippen LogP contribution in [0.1, 0.15) is 28.7 Å². The number of benzene rings is 1. The van der Waals surface area contributed by atoms with E-state index in [0.29, 0.717) is 18.8 Å². The molecule has 0 spiro atoms. The molecular formula is C17H18N2O3. The summed E-state index contributed by atoms with van der Waals surface area (Å²) in [6.45, 7) is 5.22. The number of carbonyl (C=O) groups excluding carboxylic acids is 1. The quantitative estimate of drug-likeness (QED) is 0.871. The zero-order valence-corrected chi connectivity index (χ0v) is 12.7. The van der Waals surface area contributed by atoms with E-state index in [-0.39, 0.29) is 12.7 Å². The Balaban J connectivity index is 1.78. The Hall–Kier alpha value is -2.56. The molecule has 1 amide bonds. The Morgan fingerprint density at radius 2 is 2.05 bits per heavy atom. The van der Waals surface area contributed by atoms with Crippen LogP contribution in [0.2, 0.25) is 0 Å². The molecule has 22 heavy (non-hydrogen) atoms. The molecule has 2 heterocycles. The Morgan fingerprint density at radius 3 is 2.82 bits per heavy atom. The summed E-state index contributed by atoms with van der Waals surface area (Å²) in [6.07, 6.45) is 0. The van der Waals surface area contributed by atoms with Crippen LogP contribution in [0.15, 0.2) is 36.4 Å². The lowest BCUT2D eigenvalue weighted by Crippen LogP contribution is -2.31. The molecule has 0 saturated heterocycles. The summed E-state index contributed by atoms with van der Waals surface area (Å²) in [5, 5.41) is 0. The van der Waals surface area contributed by atoms with E-state index in [4.69, 9.17) is 9.47 Å². The smallest absolute Gasteiger partial charge is 0.272 e. The van der Waals surface area contributed by atoms with Gasteiger partial charge in [0, 0.05) is 18.8 Å².